The first-order valence-corrected chi connectivity index (χ1v) is 8.67. The van der Waals surface area contributed by atoms with Crippen molar-refractivity contribution in [1.29, 1.82) is 0 Å². The van der Waals surface area contributed by atoms with Crippen LogP contribution in [-0.2, 0) is 10.3 Å². The van der Waals surface area contributed by atoms with Crippen LogP contribution in [0, 0.1) is 5.41 Å². The topological polar surface area (TPSA) is 21.6 Å². The highest BCUT2D eigenvalue weighted by Gasteiger charge is 2.66. The number of rotatable bonds is 1. The number of hydrogen-bond donors (Lipinski definition) is 0. The quantitative estimate of drug-likeness (QED) is 0.562. The number of hydrogen-bond acceptors (Lipinski definition) is 2. The summed E-state index contributed by atoms with van der Waals surface area (Å²) in [5.74, 6) is 0.796. The first kappa shape index (κ1) is 14.5. The number of ether oxygens (including phenoxy) is 1. The van der Waals surface area contributed by atoms with Crippen LogP contribution >= 0.6 is 0 Å². The highest BCUT2D eigenvalue weighted by atomic mass is 16.5. The van der Waals surface area contributed by atoms with Crippen LogP contribution in [0.15, 0.2) is 83.9 Å². The van der Waals surface area contributed by atoms with Crippen molar-refractivity contribution in [2.45, 2.75) is 19.4 Å². The van der Waals surface area contributed by atoms with E-state index in [9.17, 15) is 0 Å². The monoisotopic (exact) mass is 325 g/mol. The summed E-state index contributed by atoms with van der Waals surface area (Å²) in [5.41, 5.74) is 5.29. The summed E-state index contributed by atoms with van der Waals surface area (Å²) in [6.07, 6.45) is 0. The minimum atomic E-state index is -0.451. The first-order valence-electron chi connectivity index (χ1n) is 8.67. The zero-order chi connectivity index (χ0) is 17.1. The molecule has 3 aromatic carbocycles. The maximum atomic E-state index is 6.51. The molecule has 2 heteroatoms. The second-order valence-electron chi connectivity index (χ2n) is 7.25. The Balaban J connectivity index is 1.70. The molecule has 0 saturated carbocycles. The van der Waals surface area contributed by atoms with E-state index >= 15 is 0 Å². The van der Waals surface area contributed by atoms with Crippen LogP contribution in [0.3, 0.4) is 0 Å². The van der Waals surface area contributed by atoms with Crippen molar-refractivity contribution in [2.24, 2.45) is 10.4 Å². The molecule has 1 spiro atoms. The standard InChI is InChI=1S/C23H19NO/c1-22(2)21(24-16-10-4-3-5-11-16)25-23(22)19-14-8-6-12-17(19)18-13-7-9-15-20(18)23/h3-15H,1-2H3. The van der Waals surface area contributed by atoms with Gasteiger partial charge in [0, 0.05) is 11.1 Å². The fourth-order valence-corrected chi connectivity index (χ4v) is 4.27. The highest BCUT2D eigenvalue weighted by Crippen LogP contribution is 2.64. The SMILES string of the molecule is CC1(C)C(=Nc2ccccc2)OC12c1ccccc1-c1ccccc12. The molecule has 0 amide bonds. The number of benzene rings is 3. The van der Waals surface area contributed by atoms with Gasteiger partial charge in [-0.05, 0) is 37.1 Å². The maximum Gasteiger partial charge on any atom is 0.200 e. The van der Waals surface area contributed by atoms with Gasteiger partial charge < -0.3 is 4.74 Å². The van der Waals surface area contributed by atoms with Gasteiger partial charge in [-0.25, -0.2) is 4.99 Å². The van der Waals surface area contributed by atoms with Crippen molar-refractivity contribution < 1.29 is 4.74 Å². The van der Waals surface area contributed by atoms with Gasteiger partial charge in [0.15, 0.2) is 5.60 Å². The fraction of sp³-hybridized carbons (Fsp3) is 0.174. The minimum absolute atomic E-state index is 0.217. The van der Waals surface area contributed by atoms with Gasteiger partial charge in [-0.1, -0.05) is 66.7 Å². The van der Waals surface area contributed by atoms with Crippen molar-refractivity contribution in [1.82, 2.24) is 0 Å². The van der Waals surface area contributed by atoms with Gasteiger partial charge in [0.25, 0.3) is 0 Å². The second-order valence-corrected chi connectivity index (χ2v) is 7.25. The summed E-state index contributed by atoms with van der Waals surface area (Å²) in [4.78, 5) is 4.78. The molecule has 0 aromatic heterocycles. The Morgan fingerprint density at radius 2 is 1.20 bits per heavy atom. The third kappa shape index (κ3) is 1.72. The van der Waals surface area contributed by atoms with E-state index in [2.05, 4.69) is 62.4 Å². The van der Waals surface area contributed by atoms with Crippen LogP contribution in [0.25, 0.3) is 11.1 Å². The molecule has 3 aromatic rings. The van der Waals surface area contributed by atoms with E-state index in [4.69, 9.17) is 9.73 Å². The predicted octanol–water partition coefficient (Wildman–Crippen LogP) is 5.70. The van der Waals surface area contributed by atoms with Gasteiger partial charge in [0.05, 0.1) is 11.1 Å². The van der Waals surface area contributed by atoms with Crippen molar-refractivity contribution in [2.75, 3.05) is 0 Å². The lowest BCUT2D eigenvalue weighted by Gasteiger charge is -2.55. The van der Waals surface area contributed by atoms with Gasteiger partial charge >= 0.3 is 0 Å². The molecule has 122 valence electrons. The summed E-state index contributed by atoms with van der Waals surface area (Å²) < 4.78 is 6.51. The lowest BCUT2D eigenvalue weighted by molar-refractivity contribution is -0.0770. The molecule has 25 heavy (non-hydrogen) atoms. The molecular formula is C23H19NO. The Morgan fingerprint density at radius 3 is 1.76 bits per heavy atom. The molecule has 2 nitrogen and oxygen atoms in total. The lowest BCUT2D eigenvalue weighted by atomic mass is 9.64. The average molecular weight is 325 g/mol. The Bertz CT molecular complexity index is 956. The maximum absolute atomic E-state index is 6.51. The Hall–Kier alpha value is -2.87. The van der Waals surface area contributed by atoms with E-state index in [1.165, 1.54) is 22.3 Å². The van der Waals surface area contributed by atoms with Crippen LogP contribution < -0.4 is 0 Å². The molecule has 2 aliphatic rings. The summed E-state index contributed by atoms with van der Waals surface area (Å²) in [6, 6.07) is 27.2. The Kier molecular flexibility index (Phi) is 2.79. The molecule has 0 atom stereocenters. The summed E-state index contributed by atoms with van der Waals surface area (Å²) >= 11 is 0. The number of para-hydroxylation sites is 1. The van der Waals surface area contributed by atoms with Crippen LogP contribution in [0.1, 0.15) is 25.0 Å². The van der Waals surface area contributed by atoms with E-state index < -0.39 is 5.60 Å². The Morgan fingerprint density at radius 1 is 0.680 bits per heavy atom. The first-order chi connectivity index (χ1) is 12.1. The molecule has 1 aliphatic heterocycles. The largest absolute Gasteiger partial charge is 0.463 e. The molecule has 0 bridgehead atoms. The normalized spacial score (nSPS) is 19.8. The van der Waals surface area contributed by atoms with Crippen LogP contribution in [-0.4, -0.2) is 5.90 Å². The highest BCUT2D eigenvalue weighted by molar-refractivity contribution is 5.97. The van der Waals surface area contributed by atoms with Crippen molar-refractivity contribution in [3.05, 3.63) is 90.0 Å². The van der Waals surface area contributed by atoms with Gasteiger partial charge in [-0.3, -0.25) is 0 Å². The number of fused-ring (bicyclic) bond motifs is 5. The van der Waals surface area contributed by atoms with Crippen molar-refractivity contribution in [3.63, 3.8) is 0 Å². The van der Waals surface area contributed by atoms with Crippen LogP contribution in [0.2, 0.25) is 0 Å². The fourth-order valence-electron chi connectivity index (χ4n) is 4.27. The zero-order valence-corrected chi connectivity index (χ0v) is 14.4. The number of aliphatic imine (C=N–C) groups is 1. The third-order valence-corrected chi connectivity index (χ3v) is 5.55. The summed E-state index contributed by atoms with van der Waals surface area (Å²) in [6.45, 7) is 4.47. The van der Waals surface area contributed by atoms with E-state index in [0.717, 1.165) is 11.6 Å². The smallest absolute Gasteiger partial charge is 0.200 e. The van der Waals surface area contributed by atoms with Crippen molar-refractivity contribution >= 4 is 11.6 Å². The predicted molar refractivity (Wildman–Crippen MR) is 101 cm³/mol. The molecule has 0 radical (unpaired) electrons. The van der Waals surface area contributed by atoms with Gasteiger partial charge in [-0.2, -0.15) is 0 Å². The molecule has 1 saturated heterocycles. The van der Waals surface area contributed by atoms with Crippen LogP contribution in [0.4, 0.5) is 5.69 Å². The van der Waals surface area contributed by atoms with Gasteiger partial charge in [0.2, 0.25) is 5.90 Å². The molecule has 0 unspecified atom stereocenters. The molecule has 1 heterocycles. The van der Waals surface area contributed by atoms with E-state index in [1.807, 2.05) is 30.3 Å². The molecule has 1 aliphatic carbocycles. The van der Waals surface area contributed by atoms with E-state index in [0.29, 0.717) is 0 Å². The number of nitrogens with zero attached hydrogens (tertiary/aromatic N) is 1. The second kappa shape index (κ2) is 4.82. The van der Waals surface area contributed by atoms with Crippen molar-refractivity contribution in [3.8, 4) is 11.1 Å². The Labute approximate surface area is 147 Å². The van der Waals surface area contributed by atoms with Gasteiger partial charge in [-0.15, -0.1) is 0 Å². The molecule has 5 rings (SSSR count). The summed E-state index contributed by atoms with van der Waals surface area (Å²) in [7, 11) is 0. The van der Waals surface area contributed by atoms with Crippen LogP contribution in [0.5, 0.6) is 0 Å². The van der Waals surface area contributed by atoms with E-state index in [-0.39, 0.29) is 5.41 Å². The third-order valence-electron chi connectivity index (χ3n) is 5.55. The van der Waals surface area contributed by atoms with Gasteiger partial charge in [0.1, 0.15) is 0 Å². The lowest BCUT2D eigenvalue weighted by Crippen LogP contribution is -2.61. The summed E-state index contributed by atoms with van der Waals surface area (Å²) in [5, 5.41) is 0. The molecule has 0 N–H and O–H groups in total. The minimum Gasteiger partial charge on any atom is -0.463 e. The zero-order valence-electron chi connectivity index (χ0n) is 14.4. The molecule has 1 fully saturated rings. The molecular weight excluding hydrogens is 306 g/mol. The average Bonchev–Trinajstić information content (AvgIpc) is 2.96. The van der Waals surface area contributed by atoms with E-state index in [1.54, 1.807) is 0 Å².